The number of imidazole rings is 1. The van der Waals surface area contributed by atoms with E-state index in [0.29, 0.717) is 5.16 Å². The zero-order chi connectivity index (χ0) is 22.0. The predicted molar refractivity (Wildman–Crippen MR) is 125 cm³/mol. The highest BCUT2D eigenvalue weighted by Crippen LogP contribution is 2.29. The Morgan fingerprint density at radius 3 is 2.52 bits per heavy atom. The van der Waals surface area contributed by atoms with Gasteiger partial charge >= 0.3 is 0 Å². The highest BCUT2D eigenvalue weighted by atomic mass is 35.5. The summed E-state index contributed by atoms with van der Waals surface area (Å²) in [6, 6.07) is 21.8. The van der Waals surface area contributed by atoms with Crippen molar-refractivity contribution in [2.75, 3.05) is 17.3 Å². The number of hydrogen-bond acceptors (Lipinski definition) is 5. The van der Waals surface area contributed by atoms with Crippen LogP contribution in [-0.2, 0) is 14.6 Å². The van der Waals surface area contributed by atoms with Crippen molar-refractivity contribution in [1.29, 1.82) is 0 Å². The molecule has 0 saturated carbocycles. The summed E-state index contributed by atoms with van der Waals surface area (Å²) in [5.41, 5.74) is 2.98. The first-order chi connectivity index (χ1) is 14.8. The Kier molecular flexibility index (Phi) is 6.04. The molecule has 0 atom stereocenters. The van der Waals surface area contributed by atoms with Crippen molar-refractivity contribution in [3.05, 3.63) is 77.8 Å². The number of hydrogen-bond donors (Lipinski definition) is 1. The molecule has 0 unspecified atom stereocenters. The van der Waals surface area contributed by atoms with Gasteiger partial charge in [-0.1, -0.05) is 53.7 Å². The van der Waals surface area contributed by atoms with Gasteiger partial charge in [0.05, 0.1) is 32.4 Å². The molecule has 1 amide bonds. The maximum absolute atomic E-state index is 12.6. The van der Waals surface area contributed by atoms with E-state index in [-0.39, 0.29) is 27.3 Å². The summed E-state index contributed by atoms with van der Waals surface area (Å²) in [6.45, 7) is 0. The molecule has 4 rings (SSSR count). The van der Waals surface area contributed by atoms with Crippen LogP contribution in [0.2, 0.25) is 5.02 Å². The Bertz CT molecular complexity index is 1370. The summed E-state index contributed by atoms with van der Waals surface area (Å²) in [4.78, 5) is 17.3. The molecule has 6 nitrogen and oxygen atoms in total. The molecule has 9 heteroatoms. The van der Waals surface area contributed by atoms with Crippen molar-refractivity contribution in [1.82, 2.24) is 9.55 Å². The molecule has 1 N–H and O–H groups in total. The summed E-state index contributed by atoms with van der Waals surface area (Å²) in [5.74, 6) is -0.237. The lowest BCUT2D eigenvalue weighted by molar-refractivity contribution is -0.113. The third kappa shape index (κ3) is 4.76. The van der Waals surface area contributed by atoms with Gasteiger partial charge in [0.1, 0.15) is 0 Å². The van der Waals surface area contributed by atoms with Crippen LogP contribution in [0.1, 0.15) is 0 Å². The number of anilines is 1. The number of para-hydroxylation sites is 3. The first kappa shape index (κ1) is 21.4. The molecule has 1 aromatic heterocycles. The summed E-state index contributed by atoms with van der Waals surface area (Å²) in [7, 11) is -3.41. The van der Waals surface area contributed by atoms with Crippen LogP contribution in [0.15, 0.2) is 82.8 Å². The topological polar surface area (TPSA) is 81.1 Å². The number of rotatable bonds is 6. The number of carbonyl (C=O) groups is 1. The third-order valence-electron chi connectivity index (χ3n) is 4.52. The monoisotopic (exact) mass is 471 g/mol. The summed E-state index contributed by atoms with van der Waals surface area (Å²) >= 11 is 7.42. The van der Waals surface area contributed by atoms with Crippen LogP contribution in [-0.4, -0.2) is 35.9 Å². The highest BCUT2D eigenvalue weighted by molar-refractivity contribution is 7.99. The molecule has 0 aliphatic carbocycles. The van der Waals surface area contributed by atoms with Crippen molar-refractivity contribution < 1.29 is 13.2 Å². The lowest BCUT2D eigenvalue weighted by atomic mass is 10.3. The van der Waals surface area contributed by atoms with E-state index in [1.807, 2.05) is 59.2 Å². The molecule has 0 saturated heterocycles. The van der Waals surface area contributed by atoms with Gasteiger partial charge in [-0.3, -0.25) is 9.36 Å². The van der Waals surface area contributed by atoms with E-state index in [0.717, 1.165) is 23.0 Å². The SMILES string of the molecule is CS(=O)(=O)c1ccc(Cl)c(NC(=O)CSc2nc3ccccc3n2-c2ccccc2)c1. The quantitative estimate of drug-likeness (QED) is 0.408. The molecule has 0 fully saturated rings. The van der Waals surface area contributed by atoms with E-state index in [2.05, 4.69) is 10.3 Å². The zero-order valence-electron chi connectivity index (χ0n) is 16.4. The number of halogens is 1. The maximum atomic E-state index is 12.6. The largest absolute Gasteiger partial charge is 0.324 e. The summed E-state index contributed by atoms with van der Waals surface area (Å²) < 4.78 is 25.6. The predicted octanol–water partition coefficient (Wildman–Crippen LogP) is 4.81. The van der Waals surface area contributed by atoms with Crippen molar-refractivity contribution in [2.45, 2.75) is 10.1 Å². The fraction of sp³-hybridized carbons (Fsp3) is 0.0909. The molecule has 0 bridgehead atoms. The van der Waals surface area contributed by atoms with Crippen molar-refractivity contribution in [3.8, 4) is 5.69 Å². The van der Waals surface area contributed by atoms with Gasteiger partial charge in [-0.05, 0) is 42.5 Å². The Hall–Kier alpha value is -2.81. The molecule has 1 heterocycles. The number of nitrogens with one attached hydrogen (secondary N) is 1. The van der Waals surface area contributed by atoms with Crippen LogP contribution >= 0.6 is 23.4 Å². The van der Waals surface area contributed by atoms with Gasteiger partial charge in [-0.2, -0.15) is 0 Å². The van der Waals surface area contributed by atoms with Gasteiger partial charge < -0.3 is 5.32 Å². The maximum Gasteiger partial charge on any atom is 0.234 e. The van der Waals surface area contributed by atoms with Gasteiger partial charge in [-0.15, -0.1) is 0 Å². The number of thioether (sulfide) groups is 1. The number of carbonyl (C=O) groups excluding carboxylic acids is 1. The van der Waals surface area contributed by atoms with E-state index < -0.39 is 9.84 Å². The first-order valence-electron chi connectivity index (χ1n) is 9.28. The van der Waals surface area contributed by atoms with Gasteiger partial charge in [0.2, 0.25) is 5.91 Å². The van der Waals surface area contributed by atoms with Crippen LogP contribution in [0, 0.1) is 0 Å². The Labute approximate surface area is 189 Å². The van der Waals surface area contributed by atoms with Crippen molar-refractivity contribution in [3.63, 3.8) is 0 Å². The van der Waals surface area contributed by atoms with Gasteiger partial charge in [0.25, 0.3) is 0 Å². The summed E-state index contributed by atoms with van der Waals surface area (Å²) in [5, 5.41) is 3.64. The third-order valence-corrected chi connectivity index (χ3v) is 6.90. The van der Waals surface area contributed by atoms with E-state index >= 15 is 0 Å². The number of sulfone groups is 1. The second-order valence-electron chi connectivity index (χ2n) is 6.80. The minimum Gasteiger partial charge on any atom is -0.324 e. The summed E-state index contributed by atoms with van der Waals surface area (Å²) in [6.07, 6.45) is 1.10. The normalized spacial score (nSPS) is 11.5. The Morgan fingerprint density at radius 2 is 1.77 bits per heavy atom. The Balaban J connectivity index is 1.57. The fourth-order valence-electron chi connectivity index (χ4n) is 3.07. The molecule has 158 valence electrons. The van der Waals surface area contributed by atoms with Crippen molar-refractivity contribution in [2.24, 2.45) is 0 Å². The van der Waals surface area contributed by atoms with Crippen LogP contribution < -0.4 is 5.32 Å². The van der Waals surface area contributed by atoms with Crippen LogP contribution in [0.4, 0.5) is 5.69 Å². The van der Waals surface area contributed by atoms with Gasteiger partial charge in [-0.25, -0.2) is 13.4 Å². The van der Waals surface area contributed by atoms with E-state index in [1.54, 1.807) is 0 Å². The van der Waals surface area contributed by atoms with E-state index in [4.69, 9.17) is 11.6 Å². The molecule has 31 heavy (non-hydrogen) atoms. The lowest BCUT2D eigenvalue weighted by Gasteiger charge is -2.10. The molecular formula is C22H18ClN3O3S2. The van der Waals surface area contributed by atoms with Crippen LogP contribution in [0.3, 0.4) is 0 Å². The minimum atomic E-state index is -3.41. The standard InChI is InChI=1S/C22H18ClN3O3S2/c1-31(28,29)16-11-12-17(23)19(13-16)24-21(27)14-30-22-25-18-9-5-6-10-20(18)26(22)15-7-3-2-4-8-15/h2-13H,14H2,1H3,(H,24,27). The highest BCUT2D eigenvalue weighted by Gasteiger charge is 2.16. The number of nitrogens with zero attached hydrogens (tertiary/aromatic N) is 2. The second-order valence-corrected chi connectivity index (χ2v) is 10.2. The minimum absolute atomic E-state index is 0.0790. The molecule has 4 aromatic rings. The number of aromatic nitrogens is 2. The first-order valence-corrected chi connectivity index (χ1v) is 12.5. The smallest absolute Gasteiger partial charge is 0.234 e. The average molecular weight is 472 g/mol. The molecule has 0 spiro atoms. The van der Waals surface area contributed by atoms with Gasteiger partial charge in [0, 0.05) is 11.9 Å². The Morgan fingerprint density at radius 1 is 1.06 bits per heavy atom. The number of amides is 1. The molecule has 0 radical (unpaired) electrons. The fourth-order valence-corrected chi connectivity index (χ4v) is 4.71. The van der Waals surface area contributed by atoms with Crippen molar-refractivity contribution >= 4 is 55.8 Å². The number of fused-ring (bicyclic) bond motifs is 1. The van der Waals surface area contributed by atoms with E-state index in [1.165, 1.54) is 30.0 Å². The number of benzene rings is 3. The molecular weight excluding hydrogens is 454 g/mol. The molecule has 0 aliphatic heterocycles. The second kappa shape index (κ2) is 8.74. The lowest BCUT2D eigenvalue weighted by Crippen LogP contribution is -2.15. The van der Waals surface area contributed by atoms with E-state index in [9.17, 15) is 13.2 Å². The van der Waals surface area contributed by atoms with Gasteiger partial charge in [0.15, 0.2) is 15.0 Å². The molecule has 0 aliphatic rings. The molecule has 3 aromatic carbocycles. The zero-order valence-corrected chi connectivity index (χ0v) is 18.8. The van der Waals surface area contributed by atoms with Crippen LogP contribution in [0.25, 0.3) is 16.7 Å². The van der Waals surface area contributed by atoms with Crippen LogP contribution in [0.5, 0.6) is 0 Å². The average Bonchev–Trinajstić information content (AvgIpc) is 3.12.